The molecule has 0 aliphatic rings. The third-order valence-electron chi connectivity index (χ3n) is 0. The average Bonchev–Trinajstić information content (AvgIpc) is 1.70. The van der Waals surface area contributed by atoms with Gasteiger partial charge in [0.05, 0.1) is 0 Å². The second kappa shape index (κ2) is 43.8. The molecule has 9 heavy (non-hydrogen) atoms. The minimum absolute atomic E-state index is 1.62. The second-order valence-corrected chi connectivity index (χ2v) is 1.95. The third-order valence-corrected chi connectivity index (χ3v) is 0. The highest BCUT2D eigenvalue weighted by Crippen LogP contribution is 1.70. The number of rotatable bonds is 0. The number of thioether (sulfide) groups is 1. The quantitative estimate of drug-likeness (QED) is 0.490. The lowest BCUT2D eigenvalue weighted by molar-refractivity contribution is 0.277. The second-order valence-electron chi connectivity index (χ2n) is 1.13. The molecule has 0 saturated heterocycles. The molecular formula is C6H17NOS. The monoisotopic (exact) mass is 151 g/mol. The van der Waals surface area contributed by atoms with Crippen molar-refractivity contribution in [3.8, 4) is 0 Å². The van der Waals surface area contributed by atoms with Gasteiger partial charge in [0, 0.05) is 21.3 Å². The molecule has 2 nitrogen and oxygen atoms in total. The Morgan fingerprint density at radius 3 is 1.33 bits per heavy atom. The maximum absolute atomic E-state index is 4.25. The van der Waals surface area contributed by atoms with Gasteiger partial charge in [-0.3, -0.25) is 0 Å². The van der Waals surface area contributed by atoms with Gasteiger partial charge in [0.15, 0.2) is 0 Å². The van der Waals surface area contributed by atoms with Crippen LogP contribution >= 0.6 is 11.8 Å². The standard InChI is InChI=1S/C2H5N.C2H6O.C2H6S/c3*1-3-2/h1H2,2H3;2*1-2H3. The van der Waals surface area contributed by atoms with Gasteiger partial charge < -0.3 is 9.73 Å². The van der Waals surface area contributed by atoms with Crippen molar-refractivity contribution in [3.63, 3.8) is 0 Å². The fourth-order valence-electron chi connectivity index (χ4n) is 0. The number of hydrogen-bond donors (Lipinski definition) is 0. The maximum atomic E-state index is 4.25. The zero-order valence-corrected chi connectivity index (χ0v) is 7.79. The largest absolute Gasteiger partial charge is 0.388 e. The lowest BCUT2D eigenvalue weighted by Crippen LogP contribution is -1.55. The lowest BCUT2D eigenvalue weighted by atomic mass is 11.4. The highest BCUT2D eigenvalue weighted by Gasteiger charge is 1.32. The van der Waals surface area contributed by atoms with Gasteiger partial charge in [0.25, 0.3) is 0 Å². The van der Waals surface area contributed by atoms with Crippen LogP contribution in [0.3, 0.4) is 0 Å². The van der Waals surface area contributed by atoms with E-state index in [-0.39, 0.29) is 0 Å². The maximum Gasteiger partial charge on any atom is 0.0351 e. The van der Waals surface area contributed by atoms with Crippen LogP contribution in [0.1, 0.15) is 0 Å². The van der Waals surface area contributed by atoms with Crippen LogP contribution < -0.4 is 0 Å². The average molecular weight is 151 g/mol. The van der Waals surface area contributed by atoms with E-state index in [4.69, 9.17) is 0 Å². The van der Waals surface area contributed by atoms with Crippen LogP contribution in [0.4, 0.5) is 0 Å². The molecule has 0 radical (unpaired) electrons. The topological polar surface area (TPSA) is 21.6 Å². The molecule has 0 amide bonds. The summed E-state index contributed by atoms with van der Waals surface area (Å²) in [5, 5.41) is 0. The number of hydrogen-bond acceptors (Lipinski definition) is 3. The molecule has 3 heteroatoms. The third kappa shape index (κ3) is 713000. The van der Waals surface area contributed by atoms with E-state index in [9.17, 15) is 0 Å². The Morgan fingerprint density at radius 1 is 1.33 bits per heavy atom. The summed E-state index contributed by atoms with van der Waals surface area (Å²) < 4.78 is 4.25. The first-order valence-electron chi connectivity index (χ1n) is 2.40. The SMILES string of the molecule is C=NC.COC.CSC. The van der Waals surface area contributed by atoms with Gasteiger partial charge in [-0.1, -0.05) is 0 Å². The molecule has 0 aromatic rings. The highest BCUT2D eigenvalue weighted by atomic mass is 32.2. The van der Waals surface area contributed by atoms with E-state index in [1.807, 2.05) is 12.5 Å². The highest BCUT2D eigenvalue weighted by molar-refractivity contribution is 7.97. The van der Waals surface area contributed by atoms with Crippen LogP contribution in [0.5, 0.6) is 0 Å². The van der Waals surface area contributed by atoms with Gasteiger partial charge >= 0.3 is 0 Å². The van der Waals surface area contributed by atoms with Gasteiger partial charge in [-0.25, -0.2) is 0 Å². The van der Waals surface area contributed by atoms with Crippen molar-refractivity contribution in [1.82, 2.24) is 0 Å². The number of aliphatic imine (C=N–C) groups is 1. The molecule has 0 aromatic carbocycles. The molecule has 0 aliphatic carbocycles. The lowest BCUT2D eigenvalue weighted by Gasteiger charge is -1.61. The predicted octanol–water partition coefficient (Wildman–Crippen LogP) is 1.56. The molecule has 0 rings (SSSR count). The van der Waals surface area contributed by atoms with Crippen LogP contribution in [0.15, 0.2) is 4.99 Å². The molecule has 0 N–H and O–H groups in total. The van der Waals surface area contributed by atoms with E-state index in [0.717, 1.165) is 0 Å². The van der Waals surface area contributed by atoms with Crippen LogP contribution in [0.25, 0.3) is 0 Å². The molecule has 0 saturated carbocycles. The first kappa shape index (κ1) is 16.0. The van der Waals surface area contributed by atoms with E-state index in [1.54, 1.807) is 33.0 Å². The summed E-state index contributed by atoms with van der Waals surface area (Å²) in [7, 11) is 4.89. The number of nitrogens with zero attached hydrogens (tertiary/aromatic N) is 1. The Hall–Kier alpha value is -0.0200. The predicted molar refractivity (Wildman–Crippen MR) is 47.8 cm³/mol. The summed E-state index contributed by atoms with van der Waals surface area (Å²) in [6.07, 6.45) is 4.08. The van der Waals surface area contributed by atoms with Crippen LogP contribution in [-0.4, -0.2) is 40.5 Å². The molecule has 58 valence electrons. The summed E-state index contributed by atoms with van der Waals surface area (Å²) in [6.45, 7) is 3.11. The van der Waals surface area contributed by atoms with Crippen molar-refractivity contribution in [2.24, 2.45) is 4.99 Å². The fourth-order valence-corrected chi connectivity index (χ4v) is 0. The molecule has 0 aliphatic heterocycles. The zero-order valence-electron chi connectivity index (χ0n) is 6.97. The van der Waals surface area contributed by atoms with Crippen molar-refractivity contribution in [1.29, 1.82) is 0 Å². The molecule has 0 fully saturated rings. The first-order valence-corrected chi connectivity index (χ1v) is 4.03. The Labute approximate surface area is 62.7 Å². The van der Waals surface area contributed by atoms with Crippen molar-refractivity contribution in [2.75, 3.05) is 33.8 Å². The first-order chi connectivity index (χ1) is 4.24. The molecular weight excluding hydrogens is 134 g/mol. The number of ether oxygens (including phenoxy) is 1. The minimum Gasteiger partial charge on any atom is -0.388 e. The van der Waals surface area contributed by atoms with Gasteiger partial charge in [-0.15, -0.1) is 0 Å². The molecule has 0 aromatic heterocycles. The zero-order chi connectivity index (χ0) is 8.12. The van der Waals surface area contributed by atoms with Crippen LogP contribution in [-0.2, 0) is 4.74 Å². The van der Waals surface area contributed by atoms with Crippen LogP contribution in [0.2, 0.25) is 0 Å². The summed E-state index contributed by atoms with van der Waals surface area (Å²) in [6, 6.07) is 0. The Balaban J connectivity index is -0.0000000600. The van der Waals surface area contributed by atoms with Crippen molar-refractivity contribution < 1.29 is 4.74 Å². The van der Waals surface area contributed by atoms with Crippen molar-refractivity contribution in [2.45, 2.75) is 0 Å². The molecule has 0 bridgehead atoms. The Kier molecular flexibility index (Phi) is 77.8. The molecule has 0 unspecified atom stereocenters. The van der Waals surface area contributed by atoms with E-state index in [0.29, 0.717) is 0 Å². The molecule has 0 spiro atoms. The van der Waals surface area contributed by atoms with Crippen molar-refractivity contribution in [3.05, 3.63) is 0 Å². The number of methoxy groups -OCH3 is 1. The summed E-state index contributed by atoms with van der Waals surface area (Å²) in [5.41, 5.74) is 0. The Bertz CT molecular complexity index is 32.2. The smallest absolute Gasteiger partial charge is 0.0351 e. The molecule has 0 atom stereocenters. The molecule has 0 heterocycles. The van der Waals surface area contributed by atoms with Gasteiger partial charge in [-0.2, -0.15) is 11.8 Å². The van der Waals surface area contributed by atoms with Gasteiger partial charge in [0.1, 0.15) is 0 Å². The summed E-state index contributed by atoms with van der Waals surface area (Å²) in [5.74, 6) is 0. The normalized spacial score (nSPS) is 5.44. The van der Waals surface area contributed by atoms with E-state index < -0.39 is 0 Å². The summed E-state index contributed by atoms with van der Waals surface area (Å²) in [4.78, 5) is 3.25. The van der Waals surface area contributed by atoms with E-state index >= 15 is 0 Å². The van der Waals surface area contributed by atoms with Crippen LogP contribution in [0, 0.1) is 0 Å². The van der Waals surface area contributed by atoms with Gasteiger partial charge in [-0.05, 0) is 19.2 Å². The fraction of sp³-hybridized carbons (Fsp3) is 0.833. The van der Waals surface area contributed by atoms with E-state index in [2.05, 4.69) is 16.4 Å². The Morgan fingerprint density at radius 2 is 1.33 bits per heavy atom. The van der Waals surface area contributed by atoms with E-state index in [1.165, 1.54) is 0 Å². The minimum atomic E-state index is 1.62. The van der Waals surface area contributed by atoms with Gasteiger partial charge in [0.2, 0.25) is 0 Å². The van der Waals surface area contributed by atoms with Crippen molar-refractivity contribution >= 4 is 18.5 Å². The summed E-state index contributed by atoms with van der Waals surface area (Å²) >= 11 is 1.75.